The van der Waals surface area contributed by atoms with E-state index in [2.05, 4.69) is 20.3 Å². The average molecular weight is 339 g/mol. The molecule has 0 bridgehead atoms. The third kappa shape index (κ3) is 4.20. The molecule has 1 N–H and O–H groups in total. The minimum Gasteiger partial charge on any atom is -0.311 e. The molecule has 3 aromatic rings. The Balaban J connectivity index is 1.56. The van der Waals surface area contributed by atoms with E-state index in [4.69, 9.17) is 0 Å². The summed E-state index contributed by atoms with van der Waals surface area (Å²) >= 11 is 1.66. The van der Waals surface area contributed by atoms with Crippen molar-refractivity contribution in [2.24, 2.45) is 0 Å². The Bertz CT molecular complexity index is 819. The van der Waals surface area contributed by atoms with Crippen LogP contribution in [-0.2, 0) is 4.79 Å². The summed E-state index contributed by atoms with van der Waals surface area (Å²) < 4.78 is 1.84. The molecule has 0 aliphatic carbocycles. The highest BCUT2D eigenvalue weighted by atomic mass is 32.2. The first-order valence-electron chi connectivity index (χ1n) is 7.52. The van der Waals surface area contributed by atoms with E-state index < -0.39 is 0 Å². The fourth-order valence-corrected chi connectivity index (χ4v) is 3.02. The number of hydrogen-bond acceptors (Lipinski definition) is 5. The number of hydrogen-bond donors (Lipinski definition) is 1. The van der Waals surface area contributed by atoms with Crippen LogP contribution in [0.1, 0.15) is 12.2 Å². The Hall–Kier alpha value is -2.67. The molecule has 2 aromatic heterocycles. The number of amides is 1. The number of nitrogens with one attached hydrogen (secondary N) is 1. The van der Waals surface area contributed by atoms with Crippen LogP contribution >= 0.6 is 11.8 Å². The fourth-order valence-electron chi connectivity index (χ4n) is 2.15. The van der Waals surface area contributed by atoms with Crippen LogP contribution < -0.4 is 5.32 Å². The first-order chi connectivity index (χ1) is 11.7. The average Bonchev–Trinajstić information content (AvgIpc) is 3.02. The van der Waals surface area contributed by atoms with E-state index in [1.54, 1.807) is 24.0 Å². The Kier molecular flexibility index (Phi) is 5.22. The van der Waals surface area contributed by atoms with E-state index in [1.807, 2.05) is 48.0 Å². The van der Waals surface area contributed by atoms with Crippen molar-refractivity contribution >= 4 is 23.5 Å². The van der Waals surface area contributed by atoms with Crippen molar-refractivity contribution in [3.05, 3.63) is 60.9 Å². The van der Waals surface area contributed by atoms with Gasteiger partial charge in [-0.1, -0.05) is 18.2 Å². The third-order valence-electron chi connectivity index (χ3n) is 3.33. The number of aryl methyl sites for hydroxylation is 1. The Labute approximate surface area is 144 Å². The number of imidazole rings is 1. The Morgan fingerprint density at radius 1 is 1.21 bits per heavy atom. The molecule has 3 rings (SSSR count). The second-order valence-electron chi connectivity index (χ2n) is 5.07. The minimum atomic E-state index is -0.0644. The van der Waals surface area contributed by atoms with Gasteiger partial charge in [0.25, 0.3) is 0 Å². The number of aromatic nitrogens is 4. The molecule has 0 radical (unpaired) electrons. The van der Waals surface area contributed by atoms with Gasteiger partial charge in [-0.15, -0.1) is 11.8 Å². The second-order valence-corrected chi connectivity index (χ2v) is 6.23. The van der Waals surface area contributed by atoms with Gasteiger partial charge >= 0.3 is 0 Å². The van der Waals surface area contributed by atoms with Gasteiger partial charge in [0.05, 0.1) is 0 Å². The maximum Gasteiger partial charge on any atom is 0.226 e. The van der Waals surface area contributed by atoms with E-state index in [0.717, 1.165) is 10.7 Å². The van der Waals surface area contributed by atoms with E-state index >= 15 is 0 Å². The van der Waals surface area contributed by atoms with E-state index in [-0.39, 0.29) is 5.91 Å². The molecule has 7 heteroatoms. The standard InChI is InChI=1S/C17H17N5OS/c1-13-18-8-9-22(13)16-11-15(19-12-20-16)21-17(23)7-10-24-14-5-3-2-4-6-14/h2-6,8-9,11-12H,7,10H2,1H3,(H,19,20,21,23). The molecular weight excluding hydrogens is 322 g/mol. The lowest BCUT2D eigenvalue weighted by Crippen LogP contribution is -2.14. The molecule has 1 aromatic carbocycles. The van der Waals surface area contributed by atoms with Crippen LogP contribution in [0.2, 0.25) is 0 Å². The van der Waals surface area contributed by atoms with E-state index in [9.17, 15) is 4.79 Å². The summed E-state index contributed by atoms with van der Waals surface area (Å²) in [6.07, 6.45) is 5.38. The smallest absolute Gasteiger partial charge is 0.226 e. The monoisotopic (exact) mass is 339 g/mol. The van der Waals surface area contributed by atoms with Gasteiger partial charge in [-0.3, -0.25) is 9.36 Å². The summed E-state index contributed by atoms with van der Waals surface area (Å²) in [5.74, 6) is 2.64. The van der Waals surface area contributed by atoms with Crippen molar-refractivity contribution in [2.45, 2.75) is 18.2 Å². The predicted octanol–water partition coefficient (Wildman–Crippen LogP) is 3.09. The Morgan fingerprint density at radius 3 is 2.79 bits per heavy atom. The van der Waals surface area contributed by atoms with Crippen molar-refractivity contribution in [1.82, 2.24) is 19.5 Å². The molecule has 2 heterocycles. The molecule has 0 spiro atoms. The van der Waals surface area contributed by atoms with Crippen molar-refractivity contribution < 1.29 is 4.79 Å². The molecule has 0 fully saturated rings. The first-order valence-corrected chi connectivity index (χ1v) is 8.51. The largest absolute Gasteiger partial charge is 0.311 e. The molecular formula is C17H17N5OS. The predicted molar refractivity (Wildman–Crippen MR) is 94.3 cm³/mol. The molecule has 24 heavy (non-hydrogen) atoms. The topological polar surface area (TPSA) is 72.7 Å². The zero-order valence-corrected chi connectivity index (χ0v) is 14.0. The van der Waals surface area contributed by atoms with E-state index in [1.165, 1.54) is 6.33 Å². The van der Waals surface area contributed by atoms with Gasteiger partial charge < -0.3 is 5.32 Å². The van der Waals surface area contributed by atoms with Crippen LogP contribution in [0.25, 0.3) is 5.82 Å². The highest BCUT2D eigenvalue weighted by molar-refractivity contribution is 7.99. The first kappa shape index (κ1) is 16.2. The normalized spacial score (nSPS) is 10.5. The van der Waals surface area contributed by atoms with Crippen LogP contribution in [0, 0.1) is 6.92 Å². The van der Waals surface area contributed by atoms with Gasteiger partial charge in [-0.2, -0.15) is 0 Å². The van der Waals surface area contributed by atoms with Crippen LogP contribution in [0.15, 0.2) is 60.0 Å². The van der Waals surface area contributed by atoms with Gasteiger partial charge in [0.15, 0.2) is 0 Å². The Morgan fingerprint density at radius 2 is 2.04 bits per heavy atom. The van der Waals surface area contributed by atoms with Crippen LogP contribution in [0.4, 0.5) is 5.82 Å². The molecule has 122 valence electrons. The lowest BCUT2D eigenvalue weighted by Gasteiger charge is -2.07. The lowest BCUT2D eigenvalue weighted by atomic mass is 10.4. The summed E-state index contributed by atoms with van der Waals surface area (Å²) in [7, 11) is 0. The van der Waals surface area contributed by atoms with Crippen molar-refractivity contribution in [3.63, 3.8) is 0 Å². The number of carbonyl (C=O) groups excluding carboxylic acids is 1. The molecule has 0 aliphatic heterocycles. The van der Waals surface area contributed by atoms with Crippen LogP contribution in [0.3, 0.4) is 0 Å². The summed E-state index contributed by atoms with van der Waals surface area (Å²) in [4.78, 5) is 25.7. The maximum absolute atomic E-state index is 12.1. The molecule has 0 saturated carbocycles. The van der Waals surface area contributed by atoms with Gasteiger partial charge in [0.2, 0.25) is 5.91 Å². The number of carbonyl (C=O) groups is 1. The van der Waals surface area contributed by atoms with Gasteiger partial charge in [-0.05, 0) is 19.1 Å². The molecule has 0 aliphatic rings. The van der Waals surface area contributed by atoms with E-state index in [0.29, 0.717) is 23.8 Å². The van der Waals surface area contributed by atoms with Gasteiger partial charge in [0, 0.05) is 35.5 Å². The zero-order valence-electron chi connectivity index (χ0n) is 13.2. The van der Waals surface area contributed by atoms with Crippen LogP contribution in [0.5, 0.6) is 0 Å². The van der Waals surface area contributed by atoms with Crippen molar-refractivity contribution in [1.29, 1.82) is 0 Å². The molecule has 1 amide bonds. The molecule has 6 nitrogen and oxygen atoms in total. The van der Waals surface area contributed by atoms with Crippen LogP contribution in [-0.4, -0.2) is 31.2 Å². The quantitative estimate of drug-likeness (QED) is 0.699. The number of anilines is 1. The number of nitrogens with zero attached hydrogens (tertiary/aromatic N) is 4. The second kappa shape index (κ2) is 7.74. The third-order valence-corrected chi connectivity index (χ3v) is 4.35. The SMILES string of the molecule is Cc1nccn1-c1cc(NC(=O)CCSc2ccccc2)ncn1. The summed E-state index contributed by atoms with van der Waals surface area (Å²) in [5.41, 5.74) is 0. The molecule has 0 atom stereocenters. The minimum absolute atomic E-state index is 0.0644. The molecule has 0 unspecified atom stereocenters. The molecule has 0 saturated heterocycles. The van der Waals surface area contributed by atoms with Gasteiger partial charge in [-0.25, -0.2) is 15.0 Å². The highest BCUT2D eigenvalue weighted by Crippen LogP contribution is 2.18. The maximum atomic E-state index is 12.1. The van der Waals surface area contributed by atoms with Gasteiger partial charge in [0.1, 0.15) is 23.8 Å². The lowest BCUT2D eigenvalue weighted by molar-refractivity contribution is -0.115. The zero-order chi connectivity index (χ0) is 16.8. The summed E-state index contributed by atoms with van der Waals surface area (Å²) in [5, 5.41) is 2.81. The number of rotatable bonds is 6. The van der Waals surface area contributed by atoms with Crippen molar-refractivity contribution in [3.8, 4) is 5.82 Å². The van der Waals surface area contributed by atoms with Crippen molar-refractivity contribution in [2.75, 3.05) is 11.1 Å². The number of benzene rings is 1. The summed E-state index contributed by atoms with van der Waals surface area (Å²) in [6, 6.07) is 11.8. The fraction of sp³-hybridized carbons (Fsp3) is 0.176. The highest BCUT2D eigenvalue weighted by Gasteiger charge is 2.07. The summed E-state index contributed by atoms with van der Waals surface area (Å²) in [6.45, 7) is 1.89. The number of thioether (sulfide) groups is 1.